The van der Waals surface area contributed by atoms with E-state index in [0.717, 1.165) is 33.8 Å². The highest BCUT2D eigenvalue weighted by Crippen LogP contribution is 2.33. The third-order valence-corrected chi connectivity index (χ3v) is 9.07. The lowest BCUT2D eigenvalue weighted by atomic mass is 9.80. The van der Waals surface area contributed by atoms with Crippen LogP contribution in [-0.2, 0) is 41.5 Å². The third kappa shape index (κ3) is 9.64. The number of fused-ring (bicyclic) bond motifs is 1. The molecule has 1 aromatic heterocycles. The molecule has 51 heavy (non-hydrogen) atoms. The Morgan fingerprint density at radius 1 is 1.04 bits per heavy atom. The Hall–Kier alpha value is -4.50. The molecule has 12 nitrogen and oxygen atoms in total. The summed E-state index contributed by atoms with van der Waals surface area (Å²) in [6, 6.07) is 13.5. The van der Waals surface area contributed by atoms with Gasteiger partial charge in [-0.2, -0.15) is 0 Å². The second-order valence-electron chi connectivity index (χ2n) is 13.8. The first-order chi connectivity index (χ1) is 24.3. The number of ether oxygens (including phenoxy) is 4. The van der Waals surface area contributed by atoms with Crippen LogP contribution in [0.15, 0.2) is 67.0 Å². The second-order valence-corrected chi connectivity index (χ2v) is 13.8. The zero-order chi connectivity index (χ0) is 36.7. The van der Waals surface area contributed by atoms with E-state index in [1.807, 2.05) is 36.4 Å². The van der Waals surface area contributed by atoms with Crippen LogP contribution in [0.4, 0.5) is 13.6 Å². The summed E-state index contributed by atoms with van der Waals surface area (Å²) in [5.74, 6) is -4.53. The Morgan fingerprint density at radius 3 is 2.41 bits per heavy atom. The number of rotatable bonds is 13. The highest BCUT2D eigenvalue weighted by Gasteiger charge is 2.44. The SMILES string of the molecule is COC(=O)C(C(=O)NC(Cc1ccc(-c2cccnc2)cc1)C(O)CN(Cc1c(F)cccc1F)NC(=O)OC1COC2OCCC12)C(C)(C)C. The number of carbonyl (C=O) groups excluding carboxylic acids is 3. The maximum absolute atomic E-state index is 14.8. The first-order valence-electron chi connectivity index (χ1n) is 16.8. The van der Waals surface area contributed by atoms with Gasteiger partial charge in [-0.05, 0) is 53.1 Å². The molecule has 0 saturated carbocycles. The van der Waals surface area contributed by atoms with Gasteiger partial charge in [0.25, 0.3) is 0 Å². The minimum Gasteiger partial charge on any atom is -0.468 e. The van der Waals surface area contributed by atoms with Crippen molar-refractivity contribution in [3.8, 4) is 11.1 Å². The standard InChI is InChI=1S/C37H44F2N4O8/c1-37(2,3)32(34(46)48-4)33(45)41-29(17-22-10-12-23(13-11-22)24-7-6-15-40-18-24)30(44)20-43(19-26-27(38)8-5-9-28(26)39)42-36(47)51-31-21-50-35-25(31)14-16-49-35/h5-13,15,18,25,29-32,35,44H,14,16-17,19-21H2,1-4H3,(H,41,45)(H,42,47). The molecule has 0 aliphatic carbocycles. The zero-order valence-electron chi connectivity index (χ0n) is 29.0. The number of esters is 1. The van der Waals surface area contributed by atoms with Crippen LogP contribution in [0.3, 0.4) is 0 Å². The number of amides is 2. The molecule has 0 radical (unpaired) electrons. The van der Waals surface area contributed by atoms with Gasteiger partial charge < -0.3 is 29.4 Å². The van der Waals surface area contributed by atoms with Gasteiger partial charge in [0.1, 0.15) is 23.7 Å². The van der Waals surface area contributed by atoms with Gasteiger partial charge in [0.2, 0.25) is 5.91 Å². The van der Waals surface area contributed by atoms with Crippen LogP contribution in [-0.4, -0.2) is 84.5 Å². The van der Waals surface area contributed by atoms with E-state index >= 15 is 0 Å². The number of nitrogens with zero attached hydrogens (tertiary/aromatic N) is 2. The van der Waals surface area contributed by atoms with Crippen molar-refractivity contribution < 1.29 is 47.2 Å². The number of hydrogen-bond acceptors (Lipinski definition) is 10. The van der Waals surface area contributed by atoms with E-state index in [1.54, 1.807) is 33.2 Å². The quantitative estimate of drug-likeness (QED) is 0.134. The van der Waals surface area contributed by atoms with Gasteiger partial charge in [0, 0.05) is 31.0 Å². The highest BCUT2D eigenvalue weighted by molar-refractivity contribution is 5.98. The maximum Gasteiger partial charge on any atom is 0.422 e. The van der Waals surface area contributed by atoms with Crippen molar-refractivity contribution >= 4 is 18.0 Å². The molecule has 3 N–H and O–H groups in total. The molecule has 274 valence electrons. The molecule has 3 heterocycles. The average Bonchev–Trinajstić information content (AvgIpc) is 3.71. The molecule has 6 unspecified atom stereocenters. The topological polar surface area (TPSA) is 149 Å². The Morgan fingerprint density at radius 2 is 1.76 bits per heavy atom. The lowest BCUT2D eigenvalue weighted by Crippen LogP contribution is -2.55. The molecular weight excluding hydrogens is 666 g/mol. The van der Waals surface area contributed by atoms with Crippen LogP contribution < -0.4 is 10.7 Å². The summed E-state index contributed by atoms with van der Waals surface area (Å²) in [6.45, 7) is 4.83. The number of nitrogens with one attached hydrogen (secondary N) is 2. The number of halogens is 2. The molecule has 2 amide bonds. The zero-order valence-corrected chi connectivity index (χ0v) is 29.0. The molecule has 5 rings (SSSR count). The smallest absolute Gasteiger partial charge is 0.422 e. The van der Waals surface area contributed by atoms with Crippen molar-refractivity contribution in [2.75, 3.05) is 26.9 Å². The number of pyridine rings is 1. The number of aromatic nitrogens is 1. The first kappa shape index (κ1) is 37.7. The van der Waals surface area contributed by atoms with Crippen LogP contribution in [0, 0.1) is 28.9 Å². The van der Waals surface area contributed by atoms with E-state index in [2.05, 4.69) is 15.7 Å². The summed E-state index contributed by atoms with van der Waals surface area (Å²) in [6.07, 6.45) is 0.679. The molecule has 2 aromatic carbocycles. The van der Waals surface area contributed by atoms with Crippen LogP contribution in [0.2, 0.25) is 0 Å². The molecule has 2 aliphatic rings. The minimum absolute atomic E-state index is 0.0904. The van der Waals surface area contributed by atoms with Gasteiger partial charge in [0.15, 0.2) is 6.29 Å². The predicted molar refractivity (Wildman–Crippen MR) is 180 cm³/mol. The Labute approximate surface area is 295 Å². The van der Waals surface area contributed by atoms with E-state index in [9.17, 15) is 28.3 Å². The summed E-state index contributed by atoms with van der Waals surface area (Å²) in [5, 5.41) is 15.7. The molecule has 2 saturated heterocycles. The molecule has 6 atom stereocenters. The van der Waals surface area contributed by atoms with Crippen molar-refractivity contribution in [3.05, 3.63) is 89.8 Å². The van der Waals surface area contributed by atoms with Crippen molar-refractivity contribution in [3.63, 3.8) is 0 Å². The summed E-state index contributed by atoms with van der Waals surface area (Å²) < 4.78 is 51.3. The van der Waals surface area contributed by atoms with Crippen LogP contribution >= 0.6 is 0 Å². The molecular formula is C37H44F2N4O8. The lowest BCUT2D eigenvalue weighted by molar-refractivity contribution is -0.155. The fraction of sp³-hybridized carbons (Fsp3) is 0.459. The van der Waals surface area contributed by atoms with Crippen molar-refractivity contribution in [2.45, 2.75) is 64.7 Å². The van der Waals surface area contributed by atoms with Gasteiger partial charge in [-0.1, -0.05) is 57.2 Å². The first-order valence-corrected chi connectivity index (χ1v) is 16.8. The van der Waals surface area contributed by atoms with Crippen LogP contribution in [0.5, 0.6) is 0 Å². The lowest BCUT2D eigenvalue weighted by Gasteiger charge is -2.33. The number of methoxy groups -OCH3 is 1. The second kappa shape index (κ2) is 16.7. The fourth-order valence-electron chi connectivity index (χ4n) is 6.36. The van der Waals surface area contributed by atoms with Crippen LogP contribution in [0.1, 0.15) is 38.3 Å². The number of carbonyl (C=O) groups is 3. The van der Waals surface area contributed by atoms with E-state index < -0.39 is 78.6 Å². The number of hydrazine groups is 1. The van der Waals surface area contributed by atoms with E-state index in [4.69, 9.17) is 18.9 Å². The Balaban J connectivity index is 1.39. The Bertz CT molecular complexity index is 1640. The van der Waals surface area contributed by atoms with E-state index in [-0.39, 0.29) is 24.5 Å². The van der Waals surface area contributed by atoms with Crippen molar-refractivity contribution in [2.24, 2.45) is 17.3 Å². The summed E-state index contributed by atoms with van der Waals surface area (Å²) >= 11 is 0. The summed E-state index contributed by atoms with van der Waals surface area (Å²) in [7, 11) is 1.19. The van der Waals surface area contributed by atoms with Gasteiger partial charge in [-0.15, -0.1) is 0 Å². The maximum atomic E-state index is 14.8. The Kier molecular flexibility index (Phi) is 12.3. The van der Waals surface area contributed by atoms with Crippen molar-refractivity contribution in [1.29, 1.82) is 0 Å². The van der Waals surface area contributed by atoms with E-state index in [0.29, 0.717) is 13.0 Å². The molecule has 3 aromatic rings. The van der Waals surface area contributed by atoms with Crippen LogP contribution in [0.25, 0.3) is 11.1 Å². The molecule has 0 spiro atoms. The van der Waals surface area contributed by atoms with Crippen molar-refractivity contribution in [1.82, 2.24) is 20.7 Å². The number of hydrogen-bond donors (Lipinski definition) is 3. The predicted octanol–water partition coefficient (Wildman–Crippen LogP) is 4.16. The number of aliphatic hydroxyl groups is 1. The van der Waals surface area contributed by atoms with Gasteiger partial charge in [-0.3, -0.25) is 20.0 Å². The minimum atomic E-state index is -1.44. The van der Waals surface area contributed by atoms with Gasteiger partial charge in [0.05, 0.1) is 38.4 Å². The molecule has 14 heteroatoms. The molecule has 0 bridgehead atoms. The van der Waals surface area contributed by atoms with Gasteiger partial charge in [-0.25, -0.2) is 18.6 Å². The number of benzene rings is 2. The van der Waals surface area contributed by atoms with Gasteiger partial charge >= 0.3 is 12.1 Å². The summed E-state index contributed by atoms with van der Waals surface area (Å²) in [4.78, 5) is 43.8. The average molecular weight is 711 g/mol. The normalized spacial score (nSPS) is 20.3. The monoisotopic (exact) mass is 710 g/mol. The molecule has 2 aliphatic heterocycles. The fourth-order valence-corrected chi connectivity index (χ4v) is 6.36. The van der Waals surface area contributed by atoms with E-state index in [1.165, 1.54) is 13.2 Å². The summed E-state index contributed by atoms with van der Waals surface area (Å²) in [5.41, 5.74) is 3.84. The highest BCUT2D eigenvalue weighted by atomic mass is 19.1. The third-order valence-electron chi connectivity index (χ3n) is 9.07. The largest absolute Gasteiger partial charge is 0.468 e. The molecule has 2 fully saturated rings. The number of aliphatic hydroxyl groups excluding tert-OH is 1.